The van der Waals surface area contributed by atoms with Gasteiger partial charge in [-0.05, 0) is 37.5 Å². The van der Waals surface area contributed by atoms with Crippen LogP contribution in [0.3, 0.4) is 0 Å². The average Bonchev–Trinajstić information content (AvgIpc) is 3.65. The van der Waals surface area contributed by atoms with Gasteiger partial charge in [-0.15, -0.1) is 11.3 Å². The van der Waals surface area contributed by atoms with Crippen molar-refractivity contribution in [2.75, 3.05) is 32.8 Å². The highest BCUT2D eigenvalue weighted by molar-refractivity contribution is 7.11. The van der Waals surface area contributed by atoms with Crippen molar-refractivity contribution >= 4 is 29.1 Å². The molecule has 2 N–H and O–H groups in total. The third-order valence-electron chi connectivity index (χ3n) is 7.94. The second-order valence-corrected chi connectivity index (χ2v) is 11.5. The number of aromatic nitrogens is 1. The van der Waals surface area contributed by atoms with Gasteiger partial charge < -0.3 is 15.2 Å². The van der Waals surface area contributed by atoms with Crippen molar-refractivity contribution in [2.24, 2.45) is 10.9 Å². The first-order valence-corrected chi connectivity index (χ1v) is 14.4. The van der Waals surface area contributed by atoms with Gasteiger partial charge in [-0.1, -0.05) is 19.1 Å². The molecule has 41 heavy (non-hydrogen) atoms. The third kappa shape index (κ3) is 5.62. The maximum Gasteiger partial charge on any atom is 0.338 e. The highest BCUT2D eigenvalue weighted by Gasteiger charge is 2.59. The Morgan fingerprint density at radius 2 is 2.10 bits per heavy atom. The molecule has 2 fully saturated rings. The van der Waals surface area contributed by atoms with Crippen LogP contribution in [0.25, 0.3) is 0 Å². The fourth-order valence-corrected chi connectivity index (χ4v) is 6.61. The zero-order valence-corrected chi connectivity index (χ0v) is 23.8. The summed E-state index contributed by atoms with van der Waals surface area (Å²) in [7, 11) is 0. The van der Waals surface area contributed by atoms with Crippen LogP contribution < -0.4 is 5.32 Å². The molecule has 0 saturated carbocycles. The minimum atomic E-state index is -3.09. The van der Waals surface area contributed by atoms with E-state index in [2.05, 4.69) is 10.3 Å². The van der Waals surface area contributed by atoms with Gasteiger partial charge in [0.2, 0.25) is 0 Å². The second-order valence-electron chi connectivity index (χ2n) is 10.6. The van der Waals surface area contributed by atoms with Crippen molar-refractivity contribution < 1.29 is 32.6 Å². The molecule has 9 nitrogen and oxygen atoms in total. The summed E-state index contributed by atoms with van der Waals surface area (Å²) in [5.74, 6) is -5.69. The summed E-state index contributed by atoms with van der Waals surface area (Å²) in [6, 6.07) is 1.90. The van der Waals surface area contributed by atoms with E-state index in [0.29, 0.717) is 40.6 Å². The smallest absolute Gasteiger partial charge is 0.338 e. The molecule has 0 radical (unpaired) electrons. The van der Waals surface area contributed by atoms with Gasteiger partial charge in [0.05, 0.1) is 30.7 Å². The maximum absolute atomic E-state index is 15.5. The van der Waals surface area contributed by atoms with Gasteiger partial charge in [-0.2, -0.15) is 0 Å². The lowest BCUT2D eigenvalue weighted by atomic mass is 9.92. The topological polar surface area (TPSA) is 107 Å². The number of esters is 1. The number of carboxylic acids is 1. The van der Waals surface area contributed by atoms with Crippen LogP contribution in [0.15, 0.2) is 46.0 Å². The summed E-state index contributed by atoms with van der Waals surface area (Å²) in [6.07, 6.45) is 2.03. The van der Waals surface area contributed by atoms with Gasteiger partial charge in [0.1, 0.15) is 11.9 Å². The van der Waals surface area contributed by atoms with Gasteiger partial charge >= 0.3 is 11.9 Å². The number of ether oxygens (including phenoxy) is 1. The molecule has 1 aromatic heterocycles. The summed E-state index contributed by atoms with van der Waals surface area (Å²) in [4.78, 5) is 37.1. The van der Waals surface area contributed by atoms with E-state index >= 15 is 8.78 Å². The van der Waals surface area contributed by atoms with E-state index in [1.807, 2.05) is 0 Å². The number of carbonyl (C=O) groups is 2. The van der Waals surface area contributed by atoms with E-state index < -0.39 is 54.3 Å². The number of rotatable bonds is 9. The summed E-state index contributed by atoms with van der Waals surface area (Å²) in [5.41, 5.74) is 1.24. The number of halogens is 3. The second kappa shape index (κ2) is 11.5. The molecule has 4 unspecified atom stereocenters. The van der Waals surface area contributed by atoms with Gasteiger partial charge in [0, 0.05) is 43.0 Å². The quantitative estimate of drug-likeness (QED) is 0.426. The first kappa shape index (κ1) is 29.2. The molecule has 2 aromatic rings. The molecule has 220 valence electrons. The monoisotopic (exact) mass is 591 g/mol. The molecule has 0 spiro atoms. The first-order chi connectivity index (χ1) is 19.5. The Kier molecular flexibility index (Phi) is 8.22. The van der Waals surface area contributed by atoms with Crippen molar-refractivity contribution in [3.05, 3.63) is 63.0 Å². The molecule has 1 aromatic carbocycles. The molecule has 4 atom stereocenters. The Morgan fingerprint density at radius 3 is 2.78 bits per heavy atom. The van der Waals surface area contributed by atoms with Crippen LogP contribution in [0.1, 0.15) is 42.4 Å². The molecule has 0 amide bonds. The molecule has 2 saturated heterocycles. The first-order valence-electron chi connectivity index (χ1n) is 13.5. The molecule has 3 aliphatic rings. The van der Waals surface area contributed by atoms with Crippen molar-refractivity contribution in [3.8, 4) is 0 Å². The number of nitrogens with one attached hydrogen (secondary N) is 1. The standard InChI is InChI=1S/C28H32F3N5O4S/c1-4-40-27(39)21-19(13-36-14-28(30,31)23-20(36)8-10-35(23)12-15(2)26(37)38)33-24(25-32-9-11-41-25)34-22(21)17-6-5-7-18(29)16(17)3/h5-7,9,11,15,20,22-23H,4,8,10,12-14H2,1-3H3,(H,33,34)(H,37,38). The van der Waals surface area contributed by atoms with Crippen molar-refractivity contribution in [1.82, 2.24) is 20.1 Å². The van der Waals surface area contributed by atoms with Gasteiger partial charge in [-0.25, -0.2) is 22.9 Å². The number of hydrogen-bond acceptors (Lipinski definition) is 9. The number of aliphatic carboxylic acids is 1. The number of amidine groups is 1. The lowest BCUT2D eigenvalue weighted by Crippen LogP contribution is -2.47. The van der Waals surface area contributed by atoms with Crippen molar-refractivity contribution in [1.29, 1.82) is 0 Å². The van der Waals surface area contributed by atoms with Crippen LogP contribution in [0, 0.1) is 18.7 Å². The molecule has 0 bridgehead atoms. The molecule has 5 rings (SSSR count). The van der Waals surface area contributed by atoms with E-state index in [1.165, 1.54) is 30.4 Å². The Morgan fingerprint density at radius 1 is 1.32 bits per heavy atom. The van der Waals surface area contributed by atoms with E-state index in [4.69, 9.17) is 9.73 Å². The lowest BCUT2D eigenvalue weighted by Gasteiger charge is -2.31. The summed E-state index contributed by atoms with van der Waals surface area (Å²) < 4.78 is 51.0. The highest BCUT2D eigenvalue weighted by Crippen LogP contribution is 2.43. The van der Waals surface area contributed by atoms with E-state index in [0.717, 1.165) is 0 Å². The number of aliphatic imine (C=N–C) groups is 1. The van der Waals surface area contributed by atoms with Crippen LogP contribution >= 0.6 is 11.3 Å². The normalized spacial score (nSPS) is 25.0. The van der Waals surface area contributed by atoms with Crippen LogP contribution in [-0.4, -0.2) is 88.5 Å². The Hall–Kier alpha value is -3.29. The van der Waals surface area contributed by atoms with Crippen LogP contribution in [-0.2, 0) is 14.3 Å². The van der Waals surface area contributed by atoms with E-state index in [1.54, 1.807) is 41.3 Å². The largest absolute Gasteiger partial charge is 0.481 e. The van der Waals surface area contributed by atoms with E-state index in [-0.39, 0.29) is 25.3 Å². The zero-order valence-electron chi connectivity index (χ0n) is 22.9. The summed E-state index contributed by atoms with van der Waals surface area (Å²) in [5, 5.41) is 14.8. The number of nitrogens with zero attached hydrogens (tertiary/aromatic N) is 4. The third-order valence-corrected chi connectivity index (χ3v) is 8.72. The number of fused-ring (bicyclic) bond motifs is 1. The number of alkyl halides is 2. The van der Waals surface area contributed by atoms with Crippen LogP contribution in [0.5, 0.6) is 0 Å². The Labute approximate surface area is 239 Å². The minimum Gasteiger partial charge on any atom is -0.481 e. The number of carboxylic acid groups (broad SMARTS) is 1. The highest BCUT2D eigenvalue weighted by atomic mass is 32.1. The maximum atomic E-state index is 15.5. The fraction of sp³-hybridized carbons (Fsp3) is 0.500. The Balaban J connectivity index is 1.54. The molecule has 4 heterocycles. The zero-order chi connectivity index (χ0) is 29.5. The van der Waals surface area contributed by atoms with Gasteiger partial charge in [0.15, 0.2) is 10.8 Å². The molecule has 13 heteroatoms. The molecule has 0 aliphatic carbocycles. The molecule has 3 aliphatic heterocycles. The minimum absolute atomic E-state index is 0.0245. The number of benzene rings is 1. The van der Waals surface area contributed by atoms with E-state index in [9.17, 15) is 19.1 Å². The average molecular weight is 592 g/mol. The molecular weight excluding hydrogens is 559 g/mol. The predicted molar refractivity (Wildman–Crippen MR) is 146 cm³/mol. The number of carbonyl (C=O) groups excluding carboxylic acids is 1. The number of likely N-dealkylation sites (tertiary alicyclic amines) is 2. The van der Waals surface area contributed by atoms with Gasteiger partial charge in [0.25, 0.3) is 5.92 Å². The molecular formula is C28H32F3N5O4S. The van der Waals surface area contributed by atoms with Crippen LogP contribution in [0.4, 0.5) is 13.2 Å². The predicted octanol–water partition coefficient (Wildman–Crippen LogP) is 3.61. The summed E-state index contributed by atoms with van der Waals surface area (Å²) >= 11 is 1.32. The van der Waals surface area contributed by atoms with Crippen molar-refractivity contribution in [3.63, 3.8) is 0 Å². The number of thiazole rings is 1. The Bertz CT molecular complexity index is 1380. The number of hydrogen-bond donors (Lipinski definition) is 2. The SMILES string of the molecule is CCOC(=O)C1=C(CN2CC(F)(F)C3C2CCN3CC(C)C(=O)O)NC(c2nccs2)=NC1c1cccc(F)c1C. The van der Waals surface area contributed by atoms with Gasteiger partial charge in [-0.3, -0.25) is 19.6 Å². The van der Waals surface area contributed by atoms with Crippen LogP contribution in [0.2, 0.25) is 0 Å². The fourth-order valence-electron chi connectivity index (χ4n) is 6.03. The van der Waals surface area contributed by atoms with Crippen molar-refractivity contribution in [2.45, 2.75) is 51.2 Å². The lowest BCUT2D eigenvalue weighted by molar-refractivity contribution is -0.142. The summed E-state index contributed by atoms with van der Waals surface area (Å²) in [6.45, 7) is 4.62.